The largest absolute Gasteiger partial charge is 0.481 e. The van der Waals surface area contributed by atoms with Crippen LogP contribution >= 0.6 is 0 Å². The molecule has 3 unspecified atom stereocenters. The van der Waals surface area contributed by atoms with Gasteiger partial charge in [-0.25, -0.2) is 0 Å². The molecule has 3 atom stereocenters. The molecule has 1 rings (SSSR count). The number of methoxy groups -OCH3 is 1. The number of esters is 1. The number of carbonyl (C=O) groups is 2. The Bertz CT molecular complexity index is 354. The molecule has 0 heterocycles. The first-order valence-electron chi connectivity index (χ1n) is 7.31. The number of hydrogen-bond acceptors (Lipinski definition) is 4. The predicted molar refractivity (Wildman–Crippen MR) is 76.3 cm³/mol. The number of aliphatic carboxylic acids is 1. The second-order valence-electron chi connectivity index (χ2n) is 6.48. The van der Waals surface area contributed by atoms with E-state index in [0.717, 1.165) is 12.8 Å². The van der Waals surface area contributed by atoms with E-state index in [1.807, 2.05) is 0 Å². The Labute approximate surface area is 121 Å². The number of rotatable bonds is 7. The molecule has 1 aliphatic carbocycles. The van der Waals surface area contributed by atoms with Gasteiger partial charge in [-0.1, -0.05) is 6.92 Å². The maximum atomic E-state index is 11.3. The lowest BCUT2D eigenvalue weighted by molar-refractivity contribution is -0.147. The molecular weight excluding hydrogens is 258 g/mol. The first kappa shape index (κ1) is 17.0. The fraction of sp³-hybridized carbons (Fsp3) is 0.867. The van der Waals surface area contributed by atoms with Crippen molar-refractivity contribution >= 4 is 11.9 Å². The van der Waals surface area contributed by atoms with Crippen LogP contribution in [0.2, 0.25) is 0 Å². The van der Waals surface area contributed by atoms with E-state index in [0.29, 0.717) is 37.3 Å². The number of ether oxygens (including phenoxy) is 1. The van der Waals surface area contributed by atoms with Gasteiger partial charge in [-0.05, 0) is 51.5 Å². The maximum absolute atomic E-state index is 11.3. The normalized spacial score (nSPS) is 26.5. The Hall–Kier alpha value is -1.10. The Kier molecular flexibility index (Phi) is 5.99. The van der Waals surface area contributed by atoms with Gasteiger partial charge in [-0.15, -0.1) is 0 Å². The average molecular weight is 285 g/mol. The van der Waals surface area contributed by atoms with Crippen LogP contribution in [0.15, 0.2) is 0 Å². The molecule has 0 saturated heterocycles. The number of carboxylic acids is 1. The monoisotopic (exact) mass is 285 g/mol. The zero-order chi connectivity index (χ0) is 15.3. The molecule has 20 heavy (non-hydrogen) atoms. The summed E-state index contributed by atoms with van der Waals surface area (Å²) >= 11 is 0. The highest BCUT2D eigenvalue weighted by Crippen LogP contribution is 2.34. The van der Waals surface area contributed by atoms with Crippen LogP contribution in [-0.4, -0.2) is 36.7 Å². The quantitative estimate of drug-likeness (QED) is 0.700. The third-order valence-corrected chi connectivity index (χ3v) is 4.62. The van der Waals surface area contributed by atoms with Gasteiger partial charge in [0.25, 0.3) is 0 Å². The Balaban J connectivity index is 2.36. The zero-order valence-electron chi connectivity index (χ0n) is 12.9. The molecule has 2 N–H and O–H groups in total. The summed E-state index contributed by atoms with van der Waals surface area (Å²) < 4.78 is 4.72. The highest BCUT2D eigenvalue weighted by atomic mass is 16.5. The van der Waals surface area contributed by atoms with Gasteiger partial charge in [0.2, 0.25) is 0 Å². The van der Waals surface area contributed by atoms with Gasteiger partial charge in [0, 0.05) is 12.5 Å². The minimum atomic E-state index is -0.762. The molecule has 0 spiro atoms. The molecule has 5 nitrogen and oxygen atoms in total. The van der Waals surface area contributed by atoms with Gasteiger partial charge >= 0.3 is 11.9 Å². The minimum Gasteiger partial charge on any atom is -0.481 e. The summed E-state index contributed by atoms with van der Waals surface area (Å²) in [7, 11) is 1.42. The predicted octanol–water partition coefficient (Wildman–Crippen LogP) is 2.05. The van der Waals surface area contributed by atoms with Crippen LogP contribution in [0.1, 0.15) is 46.5 Å². The molecule has 0 aromatic rings. The van der Waals surface area contributed by atoms with E-state index in [1.54, 1.807) is 13.8 Å². The first-order valence-corrected chi connectivity index (χ1v) is 7.31. The minimum absolute atomic E-state index is 0.144. The second-order valence-corrected chi connectivity index (χ2v) is 6.48. The van der Waals surface area contributed by atoms with E-state index < -0.39 is 11.4 Å². The van der Waals surface area contributed by atoms with Crippen molar-refractivity contribution in [2.75, 3.05) is 13.7 Å². The fourth-order valence-corrected chi connectivity index (χ4v) is 2.80. The van der Waals surface area contributed by atoms with Crippen molar-refractivity contribution < 1.29 is 19.4 Å². The molecule has 1 saturated carbocycles. The second kappa shape index (κ2) is 7.07. The average Bonchev–Trinajstić information content (AvgIpc) is 2.71. The van der Waals surface area contributed by atoms with Crippen molar-refractivity contribution in [2.45, 2.75) is 52.5 Å². The van der Waals surface area contributed by atoms with Gasteiger partial charge in [-0.2, -0.15) is 0 Å². The van der Waals surface area contributed by atoms with Crippen LogP contribution < -0.4 is 5.32 Å². The van der Waals surface area contributed by atoms with Gasteiger partial charge in [-0.3, -0.25) is 9.59 Å². The lowest BCUT2D eigenvalue weighted by Gasteiger charge is -2.24. The van der Waals surface area contributed by atoms with Crippen molar-refractivity contribution in [2.24, 2.45) is 17.3 Å². The van der Waals surface area contributed by atoms with Gasteiger partial charge in [0.15, 0.2) is 0 Å². The molecule has 1 fully saturated rings. The van der Waals surface area contributed by atoms with Crippen molar-refractivity contribution in [3.8, 4) is 0 Å². The number of hydrogen-bond donors (Lipinski definition) is 2. The third kappa shape index (κ3) is 4.47. The Morgan fingerprint density at radius 2 is 2.00 bits per heavy atom. The first-order chi connectivity index (χ1) is 9.27. The highest BCUT2D eigenvalue weighted by molar-refractivity contribution is 5.73. The summed E-state index contributed by atoms with van der Waals surface area (Å²) in [5.74, 6) is -0.119. The van der Waals surface area contributed by atoms with Crippen LogP contribution in [0.5, 0.6) is 0 Å². The lowest BCUT2D eigenvalue weighted by Crippen LogP contribution is -2.37. The highest BCUT2D eigenvalue weighted by Gasteiger charge is 2.34. The SMILES string of the molecule is COC(=O)CC1CCC(NCCC(C)(C)C(=O)O)C1C. The smallest absolute Gasteiger partial charge is 0.309 e. The Morgan fingerprint density at radius 3 is 2.55 bits per heavy atom. The van der Waals surface area contributed by atoms with Crippen LogP contribution in [0.25, 0.3) is 0 Å². The van der Waals surface area contributed by atoms with Crippen molar-refractivity contribution in [3.63, 3.8) is 0 Å². The topological polar surface area (TPSA) is 75.6 Å². The van der Waals surface area contributed by atoms with E-state index in [9.17, 15) is 9.59 Å². The number of carbonyl (C=O) groups excluding carboxylic acids is 1. The van der Waals surface area contributed by atoms with Gasteiger partial charge in [0.1, 0.15) is 0 Å². The van der Waals surface area contributed by atoms with Crippen molar-refractivity contribution in [1.82, 2.24) is 5.32 Å². The molecule has 116 valence electrons. The molecule has 0 amide bonds. The van der Waals surface area contributed by atoms with Crippen LogP contribution in [0.3, 0.4) is 0 Å². The van der Waals surface area contributed by atoms with E-state index in [4.69, 9.17) is 9.84 Å². The molecule has 0 aromatic carbocycles. The van der Waals surface area contributed by atoms with Gasteiger partial charge < -0.3 is 15.2 Å². The molecular formula is C15H27NO4. The number of nitrogens with one attached hydrogen (secondary N) is 1. The van der Waals surface area contributed by atoms with E-state index in [-0.39, 0.29) is 5.97 Å². The molecule has 0 aliphatic heterocycles. The van der Waals surface area contributed by atoms with E-state index >= 15 is 0 Å². The number of carboxylic acid groups (broad SMARTS) is 1. The van der Waals surface area contributed by atoms with Gasteiger partial charge in [0.05, 0.1) is 12.5 Å². The molecule has 1 aliphatic rings. The summed E-state index contributed by atoms with van der Waals surface area (Å²) in [5, 5.41) is 12.5. The summed E-state index contributed by atoms with van der Waals surface area (Å²) in [4.78, 5) is 22.4. The molecule has 0 radical (unpaired) electrons. The molecule has 0 aromatic heterocycles. The van der Waals surface area contributed by atoms with Crippen LogP contribution in [0, 0.1) is 17.3 Å². The van der Waals surface area contributed by atoms with Crippen LogP contribution in [-0.2, 0) is 14.3 Å². The summed E-state index contributed by atoms with van der Waals surface area (Å²) in [6, 6.07) is 0.370. The molecule has 5 heteroatoms. The lowest BCUT2D eigenvalue weighted by atomic mass is 9.89. The van der Waals surface area contributed by atoms with Crippen molar-refractivity contribution in [3.05, 3.63) is 0 Å². The fourth-order valence-electron chi connectivity index (χ4n) is 2.80. The van der Waals surface area contributed by atoms with Crippen LogP contribution in [0.4, 0.5) is 0 Å². The zero-order valence-corrected chi connectivity index (χ0v) is 12.9. The Morgan fingerprint density at radius 1 is 1.35 bits per heavy atom. The summed E-state index contributed by atoms with van der Waals surface area (Å²) in [6.45, 7) is 6.34. The summed E-state index contributed by atoms with van der Waals surface area (Å²) in [5.41, 5.74) is -0.694. The van der Waals surface area contributed by atoms with E-state index in [2.05, 4.69) is 12.2 Å². The third-order valence-electron chi connectivity index (χ3n) is 4.62. The standard InChI is InChI=1S/C15H27NO4/c1-10-11(9-13(17)20-4)5-6-12(10)16-8-7-15(2,3)14(18)19/h10-12,16H,5-9H2,1-4H3,(H,18,19). The maximum Gasteiger partial charge on any atom is 0.309 e. The summed E-state index contributed by atoms with van der Waals surface area (Å²) in [6.07, 6.45) is 3.15. The molecule has 0 bridgehead atoms. The van der Waals surface area contributed by atoms with Crippen molar-refractivity contribution in [1.29, 1.82) is 0 Å². The van der Waals surface area contributed by atoms with E-state index in [1.165, 1.54) is 7.11 Å².